The third kappa shape index (κ3) is 3.49. The molecule has 1 saturated heterocycles. The summed E-state index contributed by atoms with van der Waals surface area (Å²) in [6.07, 6.45) is 1.78. The van der Waals surface area contributed by atoms with Gasteiger partial charge in [0.2, 0.25) is 0 Å². The predicted octanol–water partition coefficient (Wildman–Crippen LogP) is 0.696. The maximum atomic E-state index is 9.21. The van der Waals surface area contributed by atoms with E-state index in [1.807, 2.05) is 18.2 Å². The molecule has 1 aliphatic heterocycles. The van der Waals surface area contributed by atoms with E-state index in [-0.39, 0.29) is 37.5 Å². The lowest BCUT2D eigenvalue weighted by molar-refractivity contribution is 0.246. The molecule has 1 aromatic rings. The molecule has 4 nitrogen and oxygen atoms in total. The summed E-state index contributed by atoms with van der Waals surface area (Å²) >= 11 is 0. The number of hydrogen-bond acceptors (Lipinski definition) is 4. The highest BCUT2D eigenvalue weighted by molar-refractivity contribution is 5.85. The van der Waals surface area contributed by atoms with Crippen LogP contribution in [0, 0.1) is 0 Å². The van der Waals surface area contributed by atoms with Crippen LogP contribution in [0.4, 0.5) is 5.82 Å². The number of nitrogens with zero attached hydrogens (tertiary/aromatic N) is 2. The average Bonchev–Trinajstić information content (AvgIpc) is 2.30. The van der Waals surface area contributed by atoms with Crippen LogP contribution in [0.15, 0.2) is 24.4 Å². The lowest BCUT2D eigenvalue weighted by Gasteiger charge is -2.35. The van der Waals surface area contributed by atoms with E-state index in [1.165, 1.54) is 0 Å². The van der Waals surface area contributed by atoms with Crippen LogP contribution in [0.25, 0.3) is 0 Å². The molecule has 1 aromatic heterocycles. The Labute approximate surface area is 108 Å². The van der Waals surface area contributed by atoms with Gasteiger partial charge in [-0.05, 0) is 12.1 Å². The fourth-order valence-corrected chi connectivity index (χ4v) is 1.75. The smallest absolute Gasteiger partial charge is 0.128 e. The summed E-state index contributed by atoms with van der Waals surface area (Å²) < 4.78 is 0. The van der Waals surface area contributed by atoms with E-state index in [1.54, 1.807) is 6.20 Å². The normalized spacial score (nSPS) is 19.6. The van der Waals surface area contributed by atoms with Crippen LogP contribution in [0.5, 0.6) is 0 Å². The van der Waals surface area contributed by atoms with E-state index in [2.05, 4.69) is 15.2 Å². The topological polar surface area (TPSA) is 48.4 Å². The van der Waals surface area contributed by atoms with Crippen LogP contribution in [-0.2, 0) is 0 Å². The molecule has 2 rings (SSSR count). The molecule has 2 heterocycles. The van der Waals surface area contributed by atoms with Gasteiger partial charge in [0.25, 0.3) is 0 Å². The number of aromatic nitrogens is 1. The molecular weight excluding hydrogens is 249 g/mol. The van der Waals surface area contributed by atoms with E-state index in [9.17, 15) is 5.11 Å². The maximum Gasteiger partial charge on any atom is 0.128 e. The molecule has 0 aromatic carbocycles. The van der Waals surface area contributed by atoms with Crippen LogP contribution in [0.2, 0.25) is 0 Å². The summed E-state index contributed by atoms with van der Waals surface area (Å²) in [6.45, 7) is 2.85. The van der Waals surface area contributed by atoms with Crippen LogP contribution >= 0.6 is 24.8 Å². The fraction of sp³-hybridized carbons (Fsp3) is 0.500. The molecule has 1 atom stereocenters. The number of piperazine rings is 1. The lowest BCUT2D eigenvalue weighted by Crippen LogP contribution is -2.53. The van der Waals surface area contributed by atoms with Crippen molar-refractivity contribution in [3.8, 4) is 0 Å². The third-order valence-corrected chi connectivity index (χ3v) is 2.50. The Morgan fingerprint density at radius 3 is 2.88 bits per heavy atom. The summed E-state index contributed by atoms with van der Waals surface area (Å²) in [5.41, 5.74) is 0. The van der Waals surface area contributed by atoms with Gasteiger partial charge >= 0.3 is 0 Å². The zero-order chi connectivity index (χ0) is 9.80. The van der Waals surface area contributed by atoms with Gasteiger partial charge < -0.3 is 15.3 Å². The number of pyridine rings is 1. The molecule has 2 N–H and O–H groups in total. The van der Waals surface area contributed by atoms with Crippen LogP contribution in [0.1, 0.15) is 0 Å². The standard InChI is InChI=1S/C10H15N3O.2ClH/c14-8-9-7-11-5-6-13(9)10-3-1-2-4-12-10;;/h1-4,9,11,14H,5-8H2;2*1H. The highest BCUT2D eigenvalue weighted by Crippen LogP contribution is 2.13. The Morgan fingerprint density at radius 2 is 2.25 bits per heavy atom. The Hall–Kier alpha value is -0.550. The first-order valence-electron chi connectivity index (χ1n) is 4.91. The summed E-state index contributed by atoms with van der Waals surface area (Å²) in [5.74, 6) is 0.952. The first-order chi connectivity index (χ1) is 6.92. The molecule has 6 heteroatoms. The molecule has 0 bridgehead atoms. The number of hydrogen-bond donors (Lipinski definition) is 2. The first kappa shape index (κ1) is 15.4. The molecule has 0 amide bonds. The second kappa shape index (κ2) is 7.68. The molecule has 0 aliphatic carbocycles. The molecule has 0 radical (unpaired) electrons. The van der Waals surface area contributed by atoms with Crippen LogP contribution < -0.4 is 10.2 Å². The average molecular weight is 266 g/mol. The first-order valence-corrected chi connectivity index (χ1v) is 4.91. The van der Waals surface area contributed by atoms with Crippen molar-refractivity contribution in [3.05, 3.63) is 24.4 Å². The molecule has 16 heavy (non-hydrogen) atoms. The third-order valence-electron chi connectivity index (χ3n) is 2.50. The van der Waals surface area contributed by atoms with Crippen LogP contribution in [0.3, 0.4) is 0 Å². The molecule has 1 unspecified atom stereocenters. The van der Waals surface area contributed by atoms with E-state index in [0.717, 1.165) is 25.5 Å². The van der Waals surface area contributed by atoms with Gasteiger partial charge in [0.05, 0.1) is 12.6 Å². The van der Waals surface area contributed by atoms with Crippen molar-refractivity contribution in [1.82, 2.24) is 10.3 Å². The van der Waals surface area contributed by atoms with Crippen molar-refractivity contribution < 1.29 is 5.11 Å². The van der Waals surface area contributed by atoms with Gasteiger partial charge in [-0.25, -0.2) is 4.98 Å². The zero-order valence-corrected chi connectivity index (χ0v) is 10.5. The van der Waals surface area contributed by atoms with E-state index < -0.39 is 0 Å². The van der Waals surface area contributed by atoms with Crippen molar-refractivity contribution in [1.29, 1.82) is 0 Å². The van der Waals surface area contributed by atoms with Crippen molar-refractivity contribution in [2.75, 3.05) is 31.1 Å². The number of nitrogens with one attached hydrogen (secondary N) is 1. The summed E-state index contributed by atoms with van der Waals surface area (Å²) in [5, 5.41) is 12.5. The molecular formula is C10H17Cl2N3O. The van der Waals surface area contributed by atoms with Gasteiger partial charge in [-0.2, -0.15) is 0 Å². The van der Waals surface area contributed by atoms with Crippen LogP contribution in [-0.4, -0.2) is 42.4 Å². The fourth-order valence-electron chi connectivity index (χ4n) is 1.75. The van der Waals surface area contributed by atoms with Crippen molar-refractivity contribution in [2.45, 2.75) is 6.04 Å². The second-order valence-corrected chi connectivity index (χ2v) is 3.42. The minimum atomic E-state index is 0. The molecule has 1 fully saturated rings. The minimum absolute atomic E-state index is 0. The Bertz CT molecular complexity index is 287. The maximum absolute atomic E-state index is 9.21. The quantitative estimate of drug-likeness (QED) is 0.827. The SMILES string of the molecule is Cl.Cl.OCC1CNCCN1c1ccccn1. The highest BCUT2D eigenvalue weighted by Gasteiger charge is 2.21. The molecule has 92 valence electrons. The summed E-state index contributed by atoms with van der Waals surface area (Å²) in [6, 6.07) is 6.01. The summed E-state index contributed by atoms with van der Waals surface area (Å²) in [7, 11) is 0. The van der Waals surface area contributed by atoms with Gasteiger partial charge in [0.15, 0.2) is 0 Å². The zero-order valence-electron chi connectivity index (χ0n) is 8.87. The number of aliphatic hydroxyl groups excluding tert-OH is 1. The monoisotopic (exact) mass is 265 g/mol. The van der Waals surface area contributed by atoms with Crippen molar-refractivity contribution >= 4 is 30.6 Å². The number of anilines is 1. The number of halogens is 2. The van der Waals surface area contributed by atoms with Crippen molar-refractivity contribution in [3.63, 3.8) is 0 Å². The minimum Gasteiger partial charge on any atom is -0.394 e. The predicted molar refractivity (Wildman–Crippen MR) is 69.8 cm³/mol. The number of rotatable bonds is 2. The second-order valence-electron chi connectivity index (χ2n) is 3.42. The van der Waals surface area contributed by atoms with Gasteiger partial charge in [0, 0.05) is 25.8 Å². The molecule has 0 spiro atoms. The van der Waals surface area contributed by atoms with Gasteiger partial charge in [-0.3, -0.25) is 0 Å². The number of aliphatic hydroxyl groups is 1. The molecule has 0 saturated carbocycles. The van der Waals surface area contributed by atoms with E-state index >= 15 is 0 Å². The largest absolute Gasteiger partial charge is 0.394 e. The van der Waals surface area contributed by atoms with Crippen molar-refractivity contribution in [2.24, 2.45) is 0 Å². The Kier molecular flexibility index (Phi) is 7.42. The van der Waals surface area contributed by atoms with Gasteiger partial charge in [-0.15, -0.1) is 24.8 Å². The lowest BCUT2D eigenvalue weighted by atomic mass is 10.2. The Balaban J connectivity index is 0.00000112. The highest BCUT2D eigenvalue weighted by atomic mass is 35.5. The van der Waals surface area contributed by atoms with Gasteiger partial charge in [0.1, 0.15) is 5.82 Å². The van der Waals surface area contributed by atoms with E-state index in [0.29, 0.717) is 0 Å². The summed E-state index contributed by atoms with van der Waals surface area (Å²) in [4.78, 5) is 6.44. The Morgan fingerprint density at radius 1 is 1.44 bits per heavy atom. The van der Waals surface area contributed by atoms with Gasteiger partial charge in [-0.1, -0.05) is 6.07 Å². The van der Waals surface area contributed by atoms with E-state index in [4.69, 9.17) is 0 Å². The molecule has 1 aliphatic rings.